The van der Waals surface area contributed by atoms with Crippen molar-refractivity contribution in [1.82, 2.24) is 9.55 Å². The van der Waals surface area contributed by atoms with Crippen molar-refractivity contribution in [3.05, 3.63) is 51.4 Å². The number of thiophene rings is 1. The van der Waals surface area contributed by atoms with E-state index in [1.165, 1.54) is 36.8 Å². The van der Waals surface area contributed by atoms with Crippen LogP contribution in [-0.2, 0) is 6.54 Å². The van der Waals surface area contributed by atoms with E-state index in [1.54, 1.807) is 22.2 Å². The molecule has 1 aromatic carbocycles. The Morgan fingerprint density at radius 3 is 2.64 bits per heavy atom. The third-order valence-corrected chi connectivity index (χ3v) is 5.62. The molecule has 0 amide bonds. The Hall–Kier alpha value is -1.94. The molecule has 132 valence electrons. The summed E-state index contributed by atoms with van der Waals surface area (Å²) in [5.74, 6) is 0. The molecule has 3 aromatic rings. The summed E-state index contributed by atoms with van der Waals surface area (Å²) >= 11 is 1.56. The van der Waals surface area contributed by atoms with Crippen molar-refractivity contribution in [1.29, 1.82) is 0 Å². The lowest BCUT2D eigenvalue weighted by Crippen LogP contribution is -2.20. The van der Waals surface area contributed by atoms with E-state index in [9.17, 15) is 4.79 Å². The van der Waals surface area contributed by atoms with Crippen molar-refractivity contribution in [2.45, 2.75) is 59.4 Å². The van der Waals surface area contributed by atoms with Gasteiger partial charge < -0.3 is 0 Å². The highest BCUT2D eigenvalue weighted by atomic mass is 32.1. The number of aromatic nitrogens is 2. The Morgan fingerprint density at radius 2 is 1.88 bits per heavy atom. The predicted octanol–water partition coefficient (Wildman–Crippen LogP) is 5.71. The Labute approximate surface area is 153 Å². The van der Waals surface area contributed by atoms with Crippen LogP contribution in [0, 0.1) is 13.8 Å². The predicted molar refractivity (Wildman–Crippen MR) is 108 cm³/mol. The molecule has 0 N–H and O–H groups in total. The van der Waals surface area contributed by atoms with Gasteiger partial charge in [-0.25, -0.2) is 4.98 Å². The molecule has 0 aliphatic rings. The topological polar surface area (TPSA) is 34.9 Å². The zero-order valence-corrected chi connectivity index (χ0v) is 16.2. The number of nitrogens with zero attached hydrogens (tertiary/aromatic N) is 2. The largest absolute Gasteiger partial charge is 0.299 e. The van der Waals surface area contributed by atoms with E-state index in [0.29, 0.717) is 0 Å². The van der Waals surface area contributed by atoms with Crippen LogP contribution in [0.2, 0.25) is 0 Å². The summed E-state index contributed by atoms with van der Waals surface area (Å²) in [6.45, 7) is 7.17. The van der Waals surface area contributed by atoms with E-state index in [4.69, 9.17) is 0 Å². The van der Waals surface area contributed by atoms with Gasteiger partial charge in [-0.3, -0.25) is 9.36 Å². The first kappa shape index (κ1) is 17.9. The summed E-state index contributed by atoms with van der Waals surface area (Å²) in [6, 6.07) is 6.39. The van der Waals surface area contributed by atoms with Crippen LogP contribution in [0.1, 0.15) is 50.2 Å². The fourth-order valence-corrected chi connectivity index (χ4v) is 4.22. The molecule has 0 fully saturated rings. The van der Waals surface area contributed by atoms with Gasteiger partial charge in [0.15, 0.2) is 0 Å². The monoisotopic (exact) mass is 354 g/mol. The summed E-state index contributed by atoms with van der Waals surface area (Å²) in [7, 11) is 0. The van der Waals surface area contributed by atoms with Gasteiger partial charge in [0, 0.05) is 17.5 Å². The molecule has 0 saturated carbocycles. The van der Waals surface area contributed by atoms with Crippen molar-refractivity contribution < 1.29 is 0 Å². The van der Waals surface area contributed by atoms with Gasteiger partial charge in [0.25, 0.3) is 5.56 Å². The molecule has 0 bridgehead atoms. The zero-order chi connectivity index (χ0) is 17.8. The minimum absolute atomic E-state index is 0.0942. The summed E-state index contributed by atoms with van der Waals surface area (Å²) in [5, 5.41) is 2.84. The third kappa shape index (κ3) is 3.84. The van der Waals surface area contributed by atoms with Crippen LogP contribution in [0.15, 0.2) is 34.7 Å². The second-order valence-electron chi connectivity index (χ2n) is 6.81. The fourth-order valence-electron chi connectivity index (χ4n) is 3.33. The highest BCUT2D eigenvalue weighted by Crippen LogP contribution is 2.33. The first-order valence-corrected chi connectivity index (χ1v) is 10.0. The SMILES string of the molecule is CCCCCCCn1cnc2scc(-c3ccc(C)cc3C)c2c1=O. The molecule has 3 rings (SSSR count). The molecule has 0 atom stereocenters. The van der Waals surface area contributed by atoms with Crippen LogP contribution in [0.3, 0.4) is 0 Å². The maximum Gasteiger partial charge on any atom is 0.262 e. The highest BCUT2D eigenvalue weighted by Gasteiger charge is 2.14. The molecular weight excluding hydrogens is 328 g/mol. The number of unbranched alkanes of at least 4 members (excludes halogenated alkanes) is 4. The average Bonchev–Trinajstić information content (AvgIpc) is 3.01. The first-order chi connectivity index (χ1) is 12.1. The van der Waals surface area contributed by atoms with Crippen LogP contribution in [0.4, 0.5) is 0 Å². The number of fused-ring (bicyclic) bond motifs is 1. The first-order valence-electron chi connectivity index (χ1n) is 9.16. The van der Waals surface area contributed by atoms with Gasteiger partial charge >= 0.3 is 0 Å². The maximum absolute atomic E-state index is 13.0. The van der Waals surface area contributed by atoms with Crippen molar-refractivity contribution >= 4 is 21.6 Å². The average molecular weight is 355 g/mol. The minimum atomic E-state index is 0.0942. The molecule has 2 aromatic heterocycles. The van der Waals surface area contributed by atoms with Crippen molar-refractivity contribution in [3.8, 4) is 11.1 Å². The Morgan fingerprint density at radius 1 is 1.08 bits per heavy atom. The summed E-state index contributed by atoms with van der Waals surface area (Å²) < 4.78 is 1.79. The molecule has 2 heterocycles. The number of hydrogen-bond donors (Lipinski definition) is 0. The van der Waals surface area contributed by atoms with Gasteiger partial charge in [-0.15, -0.1) is 11.3 Å². The standard InChI is InChI=1S/C21H26N2OS/c1-4-5-6-7-8-11-23-14-22-20-19(21(23)24)18(13-25-20)17-10-9-15(2)12-16(17)3/h9-10,12-14H,4-8,11H2,1-3H3. The van der Waals surface area contributed by atoms with Crippen molar-refractivity contribution in [2.24, 2.45) is 0 Å². The molecule has 0 saturated heterocycles. The molecule has 0 aliphatic heterocycles. The van der Waals surface area contributed by atoms with Crippen molar-refractivity contribution in [2.75, 3.05) is 0 Å². The quantitative estimate of drug-likeness (QED) is 0.509. The number of rotatable bonds is 7. The molecule has 0 radical (unpaired) electrons. The van der Waals surface area contributed by atoms with Gasteiger partial charge in [0.2, 0.25) is 0 Å². The Bertz CT molecular complexity index is 923. The molecule has 0 unspecified atom stereocenters. The molecular formula is C21H26N2OS. The van der Waals surface area contributed by atoms with E-state index in [2.05, 4.69) is 49.3 Å². The van der Waals surface area contributed by atoms with E-state index in [0.717, 1.165) is 34.3 Å². The molecule has 3 nitrogen and oxygen atoms in total. The number of hydrogen-bond acceptors (Lipinski definition) is 3. The Kier molecular flexibility index (Phi) is 5.69. The van der Waals surface area contributed by atoms with E-state index in [1.807, 2.05) is 0 Å². The van der Waals surface area contributed by atoms with E-state index < -0.39 is 0 Å². The van der Waals surface area contributed by atoms with Gasteiger partial charge in [-0.1, -0.05) is 56.4 Å². The van der Waals surface area contributed by atoms with Crippen LogP contribution >= 0.6 is 11.3 Å². The second kappa shape index (κ2) is 7.96. The zero-order valence-electron chi connectivity index (χ0n) is 15.3. The Balaban J connectivity index is 1.93. The highest BCUT2D eigenvalue weighted by molar-refractivity contribution is 7.17. The molecule has 0 aliphatic carbocycles. The normalized spacial score (nSPS) is 11.3. The number of benzene rings is 1. The summed E-state index contributed by atoms with van der Waals surface area (Å²) in [5.41, 5.74) is 4.70. The summed E-state index contributed by atoms with van der Waals surface area (Å²) in [6.07, 6.45) is 7.68. The van der Waals surface area contributed by atoms with Crippen molar-refractivity contribution in [3.63, 3.8) is 0 Å². The minimum Gasteiger partial charge on any atom is -0.299 e. The van der Waals surface area contributed by atoms with Gasteiger partial charge in [-0.2, -0.15) is 0 Å². The smallest absolute Gasteiger partial charge is 0.262 e. The van der Waals surface area contributed by atoms with E-state index >= 15 is 0 Å². The van der Waals surface area contributed by atoms with Crippen LogP contribution in [0.5, 0.6) is 0 Å². The lowest BCUT2D eigenvalue weighted by Gasteiger charge is -2.08. The maximum atomic E-state index is 13.0. The van der Waals surface area contributed by atoms with Crippen LogP contribution in [0.25, 0.3) is 21.3 Å². The van der Waals surface area contributed by atoms with Crippen LogP contribution in [-0.4, -0.2) is 9.55 Å². The molecule has 4 heteroatoms. The molecule has 0 spiro atoms. The third-order valence-electron chi connectivity index (χ3n) is 4.74. The van der Waals surface area contributed by atoms with E-state index in [-0.39, 0.29) is 5.56 Å². The van der Waals surface area contributed by atoms with Crippen LogP contribution < -0.4 is 5.56 Å². The lowest BCUT2D eigenvalue weighted by molar-refractivity contribution is 0.556. The number of aryl methyl sites for hydroxylation is 3. The fraction of sp³-hybridized carbons (Fsp3) is 0.429. The lowest BCUT2D eigenvalue weighted by atomic mass is 9.99. The second-order valence-corrected chi connectivity index (χ2v) is 7.66. The van der Waals surface area contributed by atoms with Gasteiger partial charge in [-0.05, 0) is 31.4 Å². The van der Waals surface area contributed by atoms with Gasteiger partial charge in [0.1, 0.15) is 4.83 Å². The summed E-state index contributed by atoms with van der Waals surface area (Å²) in [4.78, 5) is 18.4. The molecule has 25 heavy (non-hydrogen) atoms. The van der Waals surface area contributed by atoms with Gasteiger partial charge in [0.05, 0.1) is 11.7 Å².